The summed E-state index contributed by atoms with van der Waals surface area (Å²) < 4.78 is 0. The van der Waals surface area contributed by atoms with Crippen LogP contribution in [0.1, 0.15) is 42.0 Å². The highest BCUT2D eigenvalue weighted by molar-refractivity contribution is 5.96. The van der Waals surface area contributed by atoms with Crippen molar-refractivity contribution in [2.24, 2.45) is 22.2 Å². The summed E-state index contributed by atoms with van der Waals surface area (Å²) in [4.78, 5) is 76.2. The van der Waals surface area contributed by atoms with Crippen LogP contribution in [0, 0.1) is 0 Å². The maximum atomic E-state index is 14.5. The van der Waals surface area contributed by atoms with Gasteiger partial charge in [-0.3, -0.25) is 29.0 Å². The number of nitrogens with one attached hydrogen (secondary N) is 4. The number of benzene rings is 3. The number of nitrogens with zero attached hydrogens (tertiary/aromatic N) is 2. The van der Waals surface area contributed by atoms with E-state index < -0.39 is 47.8 Å². The van der Waals surface area contributed by atoms with Crippen molar-refractivity contribution in [1.82, 2.24) is 25.8 Å². The Bertz CT molecular complexity index is 1940. The summed E-state index contributed by atoms with van der Waals surface area (Å²) in [5.74, 6) is -2.89. The van der Waals surface area contributed by atoms with Crippen molar-refractivity contribution in [3.05, 3.63) is 107 Å². The minimum Gasteiger partial charge on any atom is -0.370 e. The van der Waals surface area contributed by atoms with Crippen molar-refractivity contribution in [3.8, 4) is 0 Å². The van der Waals surface area contributed by atoms with E-state index in [9.17, 15) is 24.0 Å². The highest BCUT2D eigenvalue weighted by atomic mass is 16.2. The highest BCUT2D eigenvalue weighted by Gasteiger charge is 2.38. The largest absolute Gasteiger partial charge is 0.370 e. The van der Waals surface area contributed by atoms with Gasteiger partial charge in [0.25, 0.3) is 0 Å². The lowest BCUT2D eigenvalue weighted by Crippen LogP contribution is -2.59. The zero-order valence-corrected chi connectivity index (χ0v) is 29.0. The van der Waals surface area contributed by atoms with Crippen LogP contribution in [0.4, 0.5) is 0 Å². The van der Waals surface area contributed by atoms with Gasteiger partial charge in [0.2, 0.25) is 29.5 Å². The summed E-state index contributed by atoms with van der Waals surface area (Å²) in [5, 5.41) is 9.27. The zero-order valence-electron chi connectivity index (χ0n) is 29.0. The Kier molecular flexibility index (Phi) is 12.2. The second-order valence-corrected chi connectivity index (χ2v) is 12.9. The lowest BCUT2D eigenvalue weighted by Gasteiger charge is -2.33. The number of aliphatic imine (C=N–C) groups is 1. The Morgan fingerprint density at radius 2 is 1.54 bits per heavy atom. The molecular weight excluding hydrogens is 662 g/mol. The van der Waals surface area contributed by atoms with Crippen molar-refractivity contribution in [1.29, 1.82) is 0 Å². The summed E-state index contributed by atoms with van der Waals surface area (Å²) in [6.45, 7) is 1.63. The molecule has 2 heterocycles. The van der Waals surface area contributed by atoms with E-state index in [1.807, 2.05) is 78.9 Å². The van der Waals surface area contributed by atoms with Crippen molar-refractivity contribution in [2.75, 3.05) is 6.54 Å². The van der Waals surface area contributed by atoms with Crippen molar-refractivity contribution in [3.63, 3.8) is 0 Å². The third-order valence-electron chi connectivity index (χ3n) is 9.13. The van der Waals surface area contributed by atoms with Crippen LogP contribution < -0.4 is 33.2 Å². The van der Waals surface area contributed by atoms with Gasteiger partial charge in [-0.2, -0.15) is 0 Å². The molecule has 0 aliphatic carbocycles. The third-order valence-corrected chi connectivity index (χ3v) is 9.13. The monoisotopic (exact) mass is 707 g/mol. The first kappa shape index (κ1) is 37.1. The Balaban J connectivity index is 1.44. The Labute approximate surface area is 301 Å². The molecule has 0 unspecified atom stereocenters. The number of amides is 5. The zero-order chi connectivity index (χ0) is 37.2. The molecule has 10 N–H and O–H groups in total. The molecule has 4 aromatic rings. The molecule has 0 bridgehead atoms. The van der Waals surface area contributed by atoms with Crippen LogP contribution in [0.25, 0.3) is 10.9 Å². The fraction of sp³-hybridized carbons (Fsp3) is 0.316. The number of hydrogen-bond donors (Lipinski definition) is 7. The summed E-state index contributed by atoms with van der Waals surface area (Å²) in [6, 6.07) is 20.1. The molecule has 5 rings (SSSR count). The molecule has 1 aromatic heterocycles. The maximum absolute atomic E-state index is 14.5. The standard InChI is InChI=1S/C38H45N9O5/c1-23(48)44-32-19-25-12-5-6-13-26(25)22-47(37(32)52)33(18-24-10-3-2-4-11-24)36(51)45-30(16-9-17-42-38(40)41)35(50)46-31(34(39)49)20-27-21-43-29-15-8-7-14-28(27)29/h2-8,10-15,21,30-33,43H,9,16-20,22H2,1H3,(H2,39,49)(H,44,48)(H,45,51)(H,46,50)(H4,40,41,42)/t30-,31-,32-,33+/m0/s1. The van der Waals surface area contributed by atoms with Crippen LogP contribution in [0.3, 0.4) is 0 Å². The van der Waals surface area contributed by atoms with E-state index in [1.165, 1.54) is 11.8 Å². The number of fused-ring (bicyclic) bond motifs is 2. The first-order chi connectivity index (χ1) is 25.0. The molecule has 0 saturated carbocycles. The minimum absolute atomic E-state index is 0.103. The van der Waals surface area contributed by atoms with Crippen LogP contribution in [-0.2, 0) is 49.8 Å². The summed E-state index contributed by atoms with van der Waals surface area (Å²) in [5.41, 5.74) is 20.9. The predicted octanol–water partition coefficient (Wildman–Crippen LogP) is 0.920. The summed E-state index contributed by atoms with van der Waals surface area (Å²) >= 11 is 0. The van der Waals surface area contributed by atoms with Gasteiger partial charge in [0, 0.05) is 56.4 Å². The second-order valence-electron chi connectivity index (χ2n) is 12.9. The fourth-order valence-corrected chi connectivity index (χ4v) is 6.54. The van der Waals surface area contributed by atoms with E-state index >= 15 is 0 Å². The van der Waals surface area contributed by atoms with Crippen molar-refractivity contribution >= 4 is 46.4 Å². The first-order valence-electron chi connectivity index (χ1n) is 17.2. The van der Waals surface area contributed by atoms with E-state index in [0.717, 1.165) is 33.2 Å². The van der Waals surface area contributed by atoms with E-state index in [1.54, 1.807) is 6.20 Å². The lowest BCUT2D eigenvalue weighted by atomic mass is 10.0. The molecule has 4 atom stereocenters. The van der Waals surface area contributed by atoms with Gasteiger partial charge in [-0.05, 0) is 41.2 Å². The van der Waals surface area contributed by atoms with Crippen molar-refractivity contribution in [2.45, 2.75) is 69.7 Å². The van der Waals surface area contributed by atoms with E-state index in [-0.39, 0.29) is 50.6 Å². The number of guanidine groups is 1. The van der Waals surface area contributed by atoms with Crippen molar-refractivity contribution < 1.29 is 24.0 Å². The number of primary amides is 1. The highest BCUT2D eigenvalue weighted by Crippen LogP contribution is 2.24. The average Bonchev–Trinajstić information content (AvgIpc) is 3.47. The van der Waals surface area contributed by atoms with E-state index in [0.29, 0.717) is 6.42 Å². The van der Waals surface area contributed by atoms with Crippen LogP contribution in [0.15, 0.2) is 90.1 Å². The number of H-pyrrole nitrogens is 1. The van der Waals surface area contributed by atoms with E-state index in [2.05, 4.69) is 25.9 Å². The smallest absolute Gasteiger partial charge is 0.246 e. The molecule has 3 aromatic carbocycles. The quantitative estimate of drug-likeness (QED) is 0.0536. The number of rotatable bonds is 15. The van der Waals surface area contributed by atoms with E-state index in [4.69, 9.17) is 17.2 Å². The number of nitrogens with two attached hydrogens (primary N) is 3. The molecule has 0 saturated heterocycles. The Hall–Kier alpha value is -6.18. The molecule has 0 fully saturated rings. The number of aromatic amines is 1. The van der Waals surface area contributed by atoms with Gasteiger partial charge in [0.1, 0.15) is 24.2 Å². The molecule has 5 amide bonds. The van der Waals surface area contributed by atoms with Gasteiger partial charge >= 0.3 is 0 Å². The molecule has 0 spiro atoms. The molecule has 1 aliphatic heterocycles. The van der Waals surface area contributed by atoms with Gasteiger partial charge in [-0.25, -0.2) is 0 Å². The average molecular weight is 708 g/mol. The minimum atomic E-state index is -1.15. The first-order valence-corrected chi connectivity index (χ1v) is 17.2. The molecule has 0 radical (unpaired) electrons. The molecule has 14 heteroatoms. The SMILES string of the molecule is CC(=O)N[C@H]1Cc2ccccc2CN([C@H](Cc2ccccc2)C(=O)N[C@@H](CCCN=C(N)N)C(=O)N[C@@H](Cc2c[nH]c3ccccc23)C(N)=O)C1=O. The van der Waals surface area contributed by atoms with Gasteiger partial charge in [0.05, 0.1) is 0 Å². The number of hydrogen-bond acceptors (Lipinski definition) is 6. The van der Waals surface area contributed by atoms with Gasteiger partial charge in [0.15, 0.2) is 5.96 Å². The Morgan fingerprint density at radius 1 is 0.865 bits per heavy atom. The summed E-state index contributed by atoms with van der Waals surface area (Å²) in [7, 11) is 0. The topological polar surface area (TPSA) is 231 Å². The predicted molar refractivity (Wildman–Crippen MR) is 197 cm³/mol. The molecule has 272 valence electrons. The maximum Gasteiger partial charge on any atom is 0.246 e. The number of carbonyl (C=O) groups excluding carboxylic acids is 5. The molecule has 52 heavy (non-hydrogen) atoms. The second kappa shape index (κ2) is 17.2. The fourth-order valence-electron chi connectivity index (χ4n) is 6.54. The lowest BCUT2D eigenvalue weighted by molar-refractivity contribution is -0.144. The third kappa shape index (κ3) is 9.53. The van der Waals surface area contributed by atoms with Crippen LogP contribution in [-0.4, -0.2) is 76.1 Å². The van der Waals surface area contributed by atoms with Gasteiger partial charge < -0.3 is 43.0 Å². The number of para-hydroxylation sites is 1. The molecule has 14 nitrogen and oxygen atoms in total. The molecule has 1 aliphatic rings. The molecular formula is C38H45N9O5. The summed E-state index contributed by atoms with van der Waals surface area (Å²) in [6.07, 6.45) is 2.68. The normalized spacial score (nSPS) is 15.8. The van der Waals surface area contributed by atoms with Gasteiger partial charge in [-0.15, -0.1) is 0 Å². The number of aromatic nitrogens is 1. The van der Waals surface area contributed by atoms with Crippen LogP contribution >= 0.6 is 0 Å². The Morgan fingerprint density at radius 3 is 2.25 bits per heavy atom. The van der Waals surface area contributed by atoms with Crippen LogP contribution in [0.2, 0.25) is 0 Å². The van der Waals surface area contributed by atoms with Gasteiger partial charge in [-0.1, -0.05) is 72.8 Å². The number of carbonyl (C=O) groups is 5. The van der Waals surface area contributed by atoms with Crippen LogP contribution in [0.5, 0.6) is 0 Å².